The Morgan fingerprint density at radius 1 is 1.53 bits per heavy atom. The molecule has 1 fully saturated rings. The first-order valence-electron chi connectivity index (χ1n) is 5.71. The molecule has 1 unspecified atom stereocenters. The van der Waals surface area contributed by atoms with Crippen LogP contribution in [-0.4, -0.2) is 43.9 Å². The Hall–Kier alpha value is -1.13. The van der Waals surface area contributed by atoms with Crippen LogP contribution in [0.4, 0.5) is 5.82 Å². The summed E-state index contributed by atoms with van der Waals surface area (Å²) in [7, 11) is -5.53. The van der Waals surface area contributed by atoms with Crippen LogP contribution in [-0.2, 0) is 26.9 Å². The maximum atomic E-state index is 12.2. The lowest BCUT2D eigenvalue weighted by Crippen LogP contribution is -2.43. The Kier molecular flexibility index (Phi) is 3.58. The fraction of sp³-hybridized carbons (Fsp3) is 0.667. The van der Waals surface area contributed by atoms with E-state index in [9.17, 15) is 16.8 Å². The minimum Gasteiger partial charge on any atom is -0.381 e. The maximum Gasteiger partial charge on any atom is 0.260 e. The highest BCUT2D eigenvalue weighted by atomic mass is 32.2. The average Bonchev–Trinajstić information content (AvgIpc) is 2.56. The number of sulfonamides is 1. The van der Waals surface area contributed by atoms with Gasteiger partial charge in [-0.25, -0.2) is 26.5 Å². The fourth-order valence-corrected chi connectivity index (χ4v) is 5.40. The summed E-state index contributed by atoms with van der Waals surface area (Å²) in [5.74, 6) is -0.169. The van der Waals surface area contributed by atoms with E-state index < -0.39 is 25.9 Å². The van der Waals surface area contributed by atoms with Gasteiger partial charge in [0.25, 0.3) is 10.0 Å². The number of aryl methyl sites for hydroxylation is 1. The first-order chi connectivity index (χ1) is 8.71. The lowest BCUT2D eigenvalue weighted by Gasteiger charge is -2.22. The Morgan fingerprint density at radius 3 is 2.74 bits per heavy atom. The summed E-state index contributed by atoms with van der Waals surface area (Å²) >= 11 is 0. The van der Waals surface area contributed by atoms with Crippen molar-refractivity contribution in [2.24, 2.45) is 7.05 Å². The average molecular weight is 308 g/mol. The number of hydrogen-bond donors (Lipinski definition) is 2. The van der Waals surface area contributed by atoms with Gasteiger partial charge in [-0.3, -0.25) is 0 Å². The van der Waals surface area contributed by atoms with Gasteiger partial charge >= 0.3 is 0 Å². The number of nitrogens with two attached hydrogens (primary N) is 1. The van der Waals surface area contributed by atoms with E-state index in [1.54, 1.807) is 0 Å². The van der Waals surface area contributed by atoms with E-state index in [2.05, 4.69) is 9.71 Å². The summed E-state index contributed by atoms with van der Waals surface area (Å²) in [5, 5.41) is -0.143. The van der Waals surface area contributed by atoms with E-state index in [1.165, 1.54) is 17.9 Å². The van der Waals surface area contributed by atoms with Gasteiger partial charge in [0.1, 0.15) is 0 Å². The van der Waals surface area contributed by atoms with Crippen molar-refractivity contribution in [3.63, 3.8) is 0 Å². The quantitative estimate of drug-likeness (QED) is 0.727. The summed E-state index contributed by atoms with van der Waals surface area (Å²) in [4.78, 5) is 3.71. The molecule has 0 radical (unpaired) electrons. The molecule has 2 heterocycles. The van der Waals surface area contributed by atoms with Gasteiger partial charge in [0, 0.05) is 13.1 Å². The maximum absolute atomic E-state index is 12.2. The minimum atomic E-state index is -3.87. The Morgan fingerprint density at radius 2 is 2.21 bits per heavy atom. The fourth-order valence-electron chi connectivity index (χ4n) is 2.16. The van der Waals surface area contributed by atoms with Gasteiger partial charge in [-0.2, -0.15) is 0 Å². The molecule has 1 aliphatic heterocycles. The number of aromatic nitrogens is 2. The molecule has 19 heavy (non-hydrogen) atoms. The van der Waals surface area contributed by atoms with Crippen LogP contribution >= 0.6 is 0 Å². The Labute approximate surface area is 112 Å². The van der Waals surface area contributed by atoms with Crippen molar-refractivity contribution in [3.8, 4) is 0 Å². The normalized spacial score (nSPS) is 23.3. The molecule has 1 aliphatic rings. The van der Waals surface area contributed by atoms with Crippen molar-refractivity contribution in [3.05, 3.63) is 6.33 Å². The Balaban J connectivity index is 2.23. The third-order valence-electron chi connectivity index (χ3n) is 2.95. The number of nitrogen functional groups attached to an aromatic ring is 1. The van der Waals surface area contributed by atoms with Crippen LogP contribution in [0.1, 0.15) is 12.8 Å². The second-order valence-corrected chi connectivity index (χ2v) is 8.48. The molecule has 2 rings (SSSR count). The molecular weight excluding hydrogens is 292 g/mol. The minimum absolute atomic E-state index is 0.103. The second-order valence-electron chi connectivity index (χ2n) is 4.62. The molecule has 1 aromatic heterocycles. The summed E-state index contributed by atoms with van der Waals surface area (Å²) in [6.07, 6.45) is 2.24. The van der Waals surface area contributed by atoms with Gasteiger partial charge in [0.2, 0.25) is 0 Å². The topological polar surface area (TPSA) is 124 Å². The largest absolute Gasteiger partial charge is 0.381 e. The number of anilines is 1. The smallest absolute Gasteiger partial charge is 0.260 e. The highest BCUT2D eigenvalue weighted by Gasteiger charge is 2.31. The van der Waals surface area contributed by atoms with Crippen LogP contribution in [0.25, 0.3) is 0 Å². The van der Waals surface area contributed by atoms with Crippen molar-refractivity contribution >= 4 is 25.7 Å². The molecule has 0 aromatic carbocycles. The van der Waals surface area contributed by atoms with E-state index in [0.29, 0.717) is 12.8 Å². The van der Waals surface area contributed by atoms with E-state index in [0.717, 1.165) is 0 Å². The molecule has 0 amide bonds. The van der Waals surface area contributed by atoms with Gasteiger partial charge in [0.15, 0.2) is 20.7 Å². The van der Waals surface area contributed by atoms with Crippen molar-refractivity contribution in [2.45, 2.75) is 23.9 Å². The highest BCUT2D eigenvalue weighted by Crippen LogP contribution is 2.18. The van der Waals surface area contributed by atoms with E-state index in [4.69, 9.17) is 5.73 Å². The molecule has 0 aliphatic carbocycles. The molecule has 108 valence electrons. The van der Waals surface area contributed by atoms with Crippen LogP contribution in [0.5, 0.6) is 0 Å². The zero-order valence-electron chi connectivity index (χ0n) is 10.4. The molecule has 3 N–H and O–H groups in total. The zero-order valence-corrected chi connectivity index (χ0v) is 12.0. The van der Waals surface area contributed by atoms with E-state index in [-0.39, 0.29) is 22.3 Å². The van der Waals surface area contributed by atoms with Crippen molar-refractivity contribution in [1.29, 1.82) is 0 Å². The third-order valence-corrected chi connectivity index (χ3v) is 6.42. The number of imidazole rings is 1. The van der Waals surface area contributed by atoms with E-state index in [1.807, 2.05) is 0 Å². The van der Waals surface area contributed by atoms with Gasteiger partial charge in [-0.15, -0.1) is 0 Å². The molecule has 1 atom stereocenters. The molecule has 0 saturated carbocycles. The standard InChI is InChI=1S/C9H16N4O4S2/c1-13-6-11-8(10)9(13)19(16,17)12-7-3-2-4-18(14,15)5-7/h6-7,12H,2-5,10H2,1H3. The zero-order chi connectivity index (χ0) is 14.3. The summed E-state index contributed by atoms with van der Waals surface area (Å²) in [6, 6.07) is -0.613. The predicted octanol–water partition coefficient (Wildman–Crippen LogP) is -1.14. The lowest BCUT2D eigenvalue weighted by molar-refractivity contribution is 0.514. The van der Waals surface area contributed by atoms with Gasteiger partial charge < -0.3 is 10.3 Å². The summed E-state index contributed by atoms with van der Waals surface area (Å²) in [5.41, 5.74) is 5.52. The van der Waals surface area contributed by atoms with Crippen molar-refractivity contribution in [2.75, 3.05) is 17.2 Å². The SMILES string of the molecule is Cn1cnc(N)c1S(=O)(=O)NC1CCCS(=O)(=O)C1. The predicted molar refractivity (Wildman–Crippen MR) is 69.6 cm³/mol. The molecule has 0 bridgehead atoms. The first kappa shape index (κ1) is 14.3. The lowest BCUT2D eigenvalue weighted by atomic mass is 10.2. The van der Waals surface area contributed by atoms with E-state index >= 15 is 0 Å². The number of nitrogens with one attached hydrogen (secondary N) is 1. The number of sulfone groups is 1. The van der Waals surface area contributed by atoms with Crippen molar-refractivity contribution in [1.82, 2.24) is 14.3 Å². The van der Waals surface area contributed by atoms with Crippen LogP contribution in [0.15, 0.2) is 11.4 Å². The summed E-state index contributed by atoms with van der Waals surface area (Å²) in [6.45, 7) is 0. The van der Waals surface area contributed by atoms with Gasteiger partial charge in [-0.1, -0.05) is 0 Å². The number of nitrogens with zero attached hydrogens (tertiary/aromatic N) is 2. The molecule has 8 nitrogen and oxygen atoms in total. The second kappa shape index (κ2) is 4.76. The van der Waals surface area contributed by atoms with Gasteiger partial charge in [0.05, 0.1) is 17.8 Å². The molecule has 0 spiro atoms. The molecule has 1 aromatic rings. The third kappa shape index (κ3) is 3.07. The summed E-state index contributed by atoms with van der Waals surface area (Å²) < 4.78 is 51.0. The number of rotatable bonds is 3. The molecular formula is C9H16N4O4S2. The highest BCUT2D eigenvalue weighted by molar-refractivity contribution is 7.91. The molecule has 1 saturated heterocycles. The first-order valence-corrected chi connectivity index (χ1v) is 9.01. The monoisotopic (exact) mass is 308 g/mol. The van der Waals surface area contributed by atoms with Crippen LogP contribution in [0.3, 0.4) is 0 Å². The van der Waals surface area contributed by atoms with Crippen LogP contribution in [0, 0.1) is 0 Å². The molecule has 10 heteroatoms. The van der Waals surface area contributed by atoms with Crippen LogP contribution < -0.4 is 10.5 Å². The number of hydrogen-bond acceptors (Lipinski definition) is 6. The van der Waals surface area contributed by atoms with Crippen LogP contribution in [0.2, 0.25) is 0 Å². The Bertz CT molecular complexity index is 658. The van der Waals surface area contributed by atoms with Gasteiger partial charge in [-0.05, 0) is 12.8 Å². The van der Waals surface area contributed by atoms with Crippen molar-refractivity contribution < 1.29 is 16.8 Å².